The van der Waals surface area contributed by atoms with Crippen LogP contribution in [-0.2, 0) is 4.79 Å². The van der Waals surface area contributed by atoms with Gasteiger partial charge in [0.15, 0.2) is 0 Å². The Balaban J connectivity index is 2.67. The molecule has 0 aliphatic carbocycles. The highest BCUT2D eigenvalue weighted by Gasteiger charge is 2.34. The number of alkyl halides is 3. The number of hydrogen-bond acceptors (Lipinski definition) is 3. The number of carbonyl (C=O) groups is 1. The Labute approximate surface area is 106 Å². The van der Waals surface area contributed by atoms with Gasteiger partial charge in [-0.05, 0) is 36.9 Å². The molecule has 0 radical (unpaired) electrons. The van der Waals surface area contributed by atoms with Crippen molar-refractivity contribution in [2.75, 3.05) is 5.32 Å². The molecule has 0 bridgehead atoms. The van der Waals surface area contributed by atoms with Gasteiger partial charge in [-0.3, -0.25) is 4.79 Å². The summed E-state index contributed by atoms with van der Waals surface area (Å²) in [6.07, 6.45) is 0. The fourth-order valence-electron chi connectivity index (χ4n) is 1.16. The van der Waals surface area contributed by atoms with Crippen LogP contribution in [0.3, 0.4) is 0 Å². The molecule has 1 rings (SSSR count). The smallest absolute Gasteiger partial charge is 0.325 e. The Kier molecular flexibility index (Phi) is 4.62. The van der Waals surface area contributed by atoms with Gasteiger partial charge >= 0.3 is 5.51 Å². The van der Waals surface area contributed by atoms with Crippen molar-refractivity contribution in [1.82, 2.24) is 0 Å². The number of halogens is 3. The van der Waals surface area contributed by atoms with Crippen LogP contribution in [0, 0.1) is 11.3 Å². The molecular weight excluding hydrogens is 265 g/mol. The molecule has 3 nitrogen and oxygen atoms in total. The van der Waals surface area contributed by atoms with Gasteiger partial charge in [-0.2, -0.15) is 18.4 Å². The van der Waals surface area contributed by atoms with Crippen LogP contribution in [0.5, 0.6) is 0 Å². The highest BCUT2D eigenvalue weighted by Crippen LogP contribution is 2.34. The van der Waals surface area contributed by atoms with Crippen LogP contribution < -0.4 is 5.32 Å². The molecule has 0 aliphatic heterocycles. The normalized spacial score (nSPS) is 12.6. The Hall–Kier alpha value is -1.68. The lowest BCUT2D eigenvalue weighted by atomic mass is 10.2. The number of hydrogen-bond donors (Lipinski definition) is 1. The fourth-order valence-corrected chi connectivity index (χ4v) is 1.73. The van der Waals surface area contributed by atoms with Crippen LogP contribution >= 0.6 is 11.8 Å². The lowest BCUT2D eigenvalue weighted by Gasteiger charge is -2.13. The Bertz CT molecular complexity index is 482. The number of amides is 1. The molecule has 0 heterocycles. The van der Waals surface area contributed by atoms with Crippen molar-refractivity contribution in [3.63, 3.8) is 0 Å². The first-order chi connectivity index (χ1) is 8.31. The molecule has 1 aromatic rings. The number of anilines is 1. The van der Waals surface area contributed by atoms with E-state index in [1.807, 2.05) is 6.07 Å². The van der Waals surface area contributed by atoms with Crippen molar-refractivity contribution in [3.05, 3.63) is 29.8 Å². The van der Waals surface area contributed by atoms with Crippen molar-refractivity contribution < 1.29 is 18.0 Å². The second-order valence-corrected chi connectivity index (χ2v) is 4.79. The van der Waals surface area contributed by atoms with Gasteiger partial charge in [0.25, 0.3) is 0 Å². The predicted molar refractivity (Wildman–Crippen MR) is 62.9 cm³/mol. The van der Waals surface area contributed by atoms with Crippen LogP contribution in [0.2, 0.25) is 0 Å². The van der Waals surface area contributed by atoms with E-state index in [-0.39, 0.29) is 11.8 Å². The summed E-state index contributed by atoms with van der Waals surface area (Å²) in [5.74, 6) is -0.757. The molecule has 1 aromatic carbocycles. The van der Waals surface area contributed by atoms with Crippen molar-refractivity contribution in [2.24, 2.45) is 0 Å². The highest BCUT2D eigenvalue weighted by molar-refractivity contribution is 8.01. The van der Waals surface area contributed by atoms with E-state index in [9.17, 15) is 18.0 Å². The van der Waals surface area contributed by atoms with E-state index in [0.717, 1.165) is 0 Å². The number of rotatable bonds is 3. The molecule has 1 amide bonds. The minimum absolute atomic E-state index is 0.300. The molecular formula is C11H9F3N2OS. The predicted octanol–water partition coefficient (Wildman–Crippen LogP) is 3.14. The van der Waals surface area contributed by atoms with Crippen LogP contribution in [0.15, 0.2) is 24.3 Å². The summed E-state index contributed by atoms with van der Waals surface area (Å²) in [6.45, 7) is 1.17. The number of carbonyl (C=O) groups excluding carboxylic acids is 1. The maximum atomic E-state index is 12.1. The molecule has 18 heavy (non-hydrogen) atoms. The van der Waals surface area contributed by atoms with Gasteiger partial charge < -0.3 is 5.32 Å². The molecule has 0 saturated heterocycles. The topological polar surface area (TPSA) is 52.9 Å². The summed E-state index contributed by atoms with van der Waals surface area (Å²) in [6, 6.07) is 7.84. The summed E-state index contributed by atoms with van der Waals surface area (Å²) in [4.78, 5) is 11.5. The van der Waals surface area contributed by atoms with Crippen molar-refractivity contribution in [3.8, 4) is 6.07 Å². The zero-order valence-corrected chi connectivity index (χ0v) is 10.1. The zero-order valence-electron chi connectivity index (χ0n) is 9.28. The molecule has 0 spiro atoms. The Morgan fingerprint density at radius 3 is 2.72 bits per heavy atom. The average molecular weight is 274 g/mol. The summed E-state index contributed by atoms with van der Waals surface area (Å²) >= 11 is -0.383. The number of nitrogens with one attached hydrogen (secondary N) is 1. The molecule has 0 aliphatic rings. The van der Waals surface area contributed by atoms with Gasteiger partial charge in [0.1, 0.15) is 0 Å². The van der Waals surface area contributed by atoms with Crippen molar-refractivity contribution in [2.45, 2.75) is 17.7 Å². The third kappa shape index (κ3) is 4.67. The van der Waals surface area contributed by atoms with E-state index in [1.54, 1.807) is 0 Å². The van der Waals surface area contributed by atoms with Gasteiger partial charge in [-0.1, -0.05) is 6.07 Å². The van der Waals surface area contributed by atoms with Crippen molar-refractivity contribution >= 4 is 23.4 Å². The Morgan fingerprint density at radius 2 is 2.17 bits per heavy atom. The minimum atomic E-state index is -4.45. The van der Waals surface area contributed by atoms with E-state index in [1.165, 1.54) is 31.2 Å². The van der Waals surface area contributed by atoms with E-state index in [0.29, 0.717) is 11.3 Å². The molecule has 1 N–H and O–H groups in total. The fraction of sp³-hybridized carbons (Fsp3) is 0.273. The molecule has 1 atom stereocenters. The van der Waals surface area contributed by atoms with Crippen LogP contribution in [0.1, 0.15) is 12.5 Å². The third-order valence-electron chi connectivity index (χ3n) is 1.94. The highest BCUT2D eigenvalue weighted by atomic mass is 32.2. The number of thioether (sulfide) groups is 1. The van der Waals surface area contributed by atoms with E-state index in [4.69, 9.17) is 5.26 Å². The monoisotopic (exact) mass is 274 g/mol. The first kappa shape index (κ1) is 14.4. The average Bonchev–Trinajstić information content (AvgIpc) is 2.27. The largest absolute Gasteiger partial charge is 0.442 e. The second-order valence-electron chi connectivity index (χ2n) is 3.39. The summed E-state index contributed by atoms with van der Waals surface area (Å²) < 4.78 is 36.2. The first-order valence-electron chi connectivity index (χ1n) is 4.87. The maximum Gasteiger partial charge on any atom is 0.442 e. The van der Waals surface area contributed by atoms with Crippen LogP contribution in [0.4, 0.5) is 18.9 Å². The quantitative estimate of drug-likeness (QED) is 0.921. The lowest BCUT2D eigenvalue weighted by Crippen LogP contribution is -2.25. The van der Waals surface area contributed by atoms with E-state index >= 15 is 0 Å². The summed E-state index contributed by atoms with van der Waals surface area (Å²) in [5, 5.41) is 9.72. The van der Waals surface area contributed by atoms with Crippen molar-refractivity contribution in [1.29, 1.82) is 5.26 Å². The first-order valence-corrected chi connectivity index (χ1v) is 5.75. The summed E-state index contributed by atoms with van der Waals surface area (Å²) in [5.41, 5.74) is -3.83. The summed E-state index contributed by atoms with van der Waals surface area (Å²) in [7, 11) is 0. The molecule has 1 unspecified atom stereocenters. The van der Waals surface area contributed by atoms with Crippen LogP contribution in [0.25, 0.3) is 0 Å². The molecule has 0 saturated carbocycles. The van der Waals surface area contributed by atoms with Gasteiger partial charge in [0.05, 0.1) is 16.9 Å². The number of benzene rings is 1. The second kappa shape index (κ2) is 5.78. The van der Waals surface area contributed by atoms with Crippen LogP contribution in [-0.4, -0.2) is 16.7 Å². The van der Waals surface area contributed by atoms with Gasteiger partial charge in [-0.25, -0.2) is 0 Å². The van der Waals surface area contributed by atoms with E-state index in [2.05, 4.69) is 5.32 Å². The standard InChI is InChI=1S/C11H9F3N2OS/c1-7(18-11(12,13)14)10(17)16-9-4-2-3-8(5-9)6-15/h2-5,7H,1H3,(H,16,17). The number of nitrogens with zero attached hydrogens (tertiary/aromatic N) is 1. The molecule has 0 fully saturated rings. The molecule has 96 valence electrons. The SMILES string of the molecule is CC(SC(F)(F)F)C(=O)Nc1cccc(C#N)c1. The molecule has 7 heteroatoms. The third-order valence-corrected chi connectivity index (χ3v) is 2.77. The minimum Gasteiger partial charge on any atom is -0.325 e. The maximum absolute atomic E-state index is 12.1. The number of nitriles is 1. The van der Waals surface area contributed by atoms with Gasteiger partial charge in [0.2, 0.25) is 5.91 Å². The van der Waals surface area contributed by atoms with E-state index < -0.39 is 16.7 Å². The lowest BCUT2D eigenvalue weighted by molar-refractivity contribution is -0.115. The molecule has 0 aromatic heterocycles. The zero-order chi connectivity index (χ0) is 13.8. The Morgan fingerprint density at radius 1 is 1.50 bits per heavy atom. The van der Waals surface area contributed by atoms with Gasteiger partial charge in [0, 0.05) is 5.69 Å². The van der Waals surface area contributed by atoms with Gasteiger partial charge in [-0.15, -0.1) is 0 Å².